The maximum absolute atomic E-state index is 12.8. The Bertz CT molecular complexity index is 601. The molecule has 4 nitrogen and oxygen atoms in total. The molecular weight excluding hydrogens is 356 g/mol. The Morgan fingerprint density at radius 2 is 2.04 bits per heavy atom. The second-order valence-electron chi connectivity index (χ2n) is 7.03. The molecule has 3 atom stereocenters. The smallest absolute Gasteiger partial charge is 0.227 e. The first-order chi connectivity index (χ1) is 11.2. The van der Waals surface area contributed by atoms with Crippen molar-refractivity contribution in [2.75, 3.05) is 36.5 Å². The van der Waals surface area contributed by atoms with Crippen LogP contribution < -0.4 is 10.2 Å². The van der Waals surface area contributed by atoms with Crippen LogP contribution in [0, 0.1) is 17.8 Å². The maximum atomic E-state index is 12.8. The topological polar surface area (TPSA) is 41.6 Å². The van der Waals surface area contributed by atoms with Gasteiger partial charge in [0.2, 0.25) is 5.91 Å². The van der Waals surface area contributed by atoms with Crippen LogP contribution >= 0.6 is 15.9 Å². The quantitative estimate of drug-likeness (QED) is 0.872. The Hall–Kier alpha value is -1.07. The molecule has 1 saturated heterocycles. The van der Waals surface area contributed by atoms with Gasteiger partial charge in [-0.15, -0.1) is 0 Å². The van der Waals surface area contributed by atoms with Gasteiger partial charge in [0.25, 0.3) is 0 Å². The summed E-state index contributed by atoms with van der Waals surface area (Å²) in [5.74, 6) is 1.83. The zero-order valence-electron chi connectivity index (χ0n) is 13.3. The number of benzene rings is 1. The monoisotopic (exact) mass is 378 g/mol. The number of fused-ring (bicyclic) bond motifs is 2. The second kappa shape index (κ2) is 6.44. The molecule has 0 radical (unpaired) electrons. The molecule has 5 heteroatoms. The van der Waals surface area contributed by atoms with Crippen LogP contribution in [0.2, 0.25) is 0 Å². The zero-order chi connectivity index (χ0) is 15.8. The van der Waals surface area contributed by atoms with Gasteiger partial charge in [-0.2, -0.15) is 0 Å². The van der Waals surface area contributed by atoms with Crippen molar-refractivity contribution in [1.82, 2.24) is 0 Å². The minimum Gasteiger partial charge on any atom is -0.378 e. The highest BCUT2D eigenvalue weighted by atomic mass is 79.9. The maximum Gasteiger partial charge on any atom is 0.227 e. The molecule has 23 heavy (non-hydrogen) atoms. The van der Waals surface area contributed by atoms with E-state index >= 15 is 0 Å². The molecular formula is C18H23BrN2O2. The summed E-state index contributed by atoms with van der Waals surface area (Å²) in [4.78, 5) is 15.1. The van der Waals surface area contributed by atoms with Crippen molar-refractivity contribution in [1.29, 1.82) is 0 Å². The van der Waals surface area contributed by atoms with Crippen molar-refractivity contribution in [2.24, 2.45) is 17.8 Å². The number of amides is 1. The van der Waals surface area contributed by atoms with Gasteiger partial charge in [0.1, 0.15) is 0 Å². The van der Waals surface area contributed by atoms with Crippen LogP contribution in [-0.4, -0.2) is 32.2 Å². The third-order valence-corrected chi connectivity index (χ3v) is 6.14. The number of rotatable bonds is 3. The minimum absolute atomic E-state index is 0.213. The van der Waals surface area contributed by atoms with E-state index in [1.807, 2.05) is 12.1 Å². The van der Waals surface area contributed by atoms with E-state index in [4.69, 9.17) is 4.74 Å². The van der Waals surface area contributed by atoms with Crippen LogP contribution in [0.5, 0.6) is 0 Å². The fraction of sp³-hybridized carbons (Fsp3) is 0.611. The highest BCUT2D eigenvalue weighted by Crippen LogP contribution is 2.48. The number of ether oxygens (including phenoxy) is 1. The van der Waals surface area contributed by atoms with Gasteiger partial charge < -0.3 is 15.0 Å². The van der Waals surface area contributed by atoms with Gasteiger partial charge in [0.05, 0.1) is 24.6 Å². The van der Waals surface area contributed by atoms with Gasteiger partial charge in [0.15, 0.2) is 0 Å². The largest absolute Gasteiger partial charge is 0.378 e. The first-order valence-electron chi connectivity index (χ1n) is 8.64. The summed E-state index contributed by atoms with van der Waals surface area (Å²) in [5, 5.41) is 3.22. The molecule has 1 aromatic rings. The molecule has 0 spiro atoms. The number of carbonyl (C=O) groups excluding carboxylic acids is 1. The van der Waals surface area contributed by atoms with Crippen LogP contribution in [0.25, 0.3) is 0 Å². The molecule has 2 saturated carbocycles. The summed E-state index contributed by atoms with van der Waals surface area (Å²) in [7, 11) is 0. The molecule has 0 aromatic heterocycles. The Morgan fingerprint density at radius 1 is 1.22 bits per heavy atom. The summed E-state index contributed by atoms with van der Waals surface area (Å²) in [6, 6.07) is 6.15. The van der Waals surface area contributed by atoms with E-state index in [-0.39, 0.29) is 11.8 Å². The molecule has 3 aliphatic rings. The molecule has 4 rings (SSSR count). The zero-order valence-corrected chi connectivity index (χ0v) is 14.8. The molecule has 0 unspecified atom stereocenters. The number of hydrogen-bond acceptors (Lipinski definition) is 3. The van der Waals surface area contributed by atoms with Crippen molar-refractivity contribution < 1.29 is 9.53 Å². The Labute approximate surface area is 145 Å². The SMILES string of the molecule is O=C(Nc1cc(Br)ccc1N1CCOCC1)[C@@H]1C[C@@H]2CC[C@@H]1C2. The molecule has 1 heterocycles. The van der Waals surface area contributed by atoms with Crippen molar-refractivity contribution >= 4 is 33.2 Å². The standard InChI is InChI=1S/C18H23BrN2O2/c19-14-3-4-17(21-5-7-23-8-6-21)16(11-14)20-18(22)15-10-12-1-2-13(15)9-12/h3-4,11-13,15H,1-2,5-10H2,(H,20,22)/t12-,13-,15-/m1/s1. The van der Waals surface area contributed by atoms with E-state index < -0.39 is 0 Å². The predicted molar refractivity (Wildman–Crippen MR) is 94.7 cm³/mol. The number of nitrogens with zero attached hydrogens (tertiary/aromatic N) is 1. The average molecular weight is 379 g/mol. The lowest BCUT2D eigenvalue weighted by molar-refractivity contribution is -0.121. The lowest BCUT2D eigenvalue weighted by Crippen LogP contribution is -2.37. The van der Waals surface area contributed by atoms with Gasteiger partial charge in [-0.25, -0.2) is 0 Å². The van der Waals surface area contributed by atoms with Gasteiger partial charge in [-0.3, -0.25) is 4.79 Å². The third-order valence-electron chi connectivity index (χ3n) is 5.64. The molecule has 1 aliphatic heterocycles. The van der Waals surface area contributed by atoms with E-state index in [9.17, 15) is 4.79 Å². The van der Waals surface area contributed by atoms with Crippen LogP contribution in [0.4, 0.5) is 11.4 Å². The minimum atomic E-state index is 0.213. The molecule has 2 bridgehead atoms. The average Bonchev–Trinajstić information content (AvgIpc) is 3.19. The lowest BCUT2D eigenvalue weighted by atomic mass is 9.88. The summed E-state index contributed by atoms with van der Waals surface area (Å²) in [6.45, 7) is 3.24. The normalized spacial score (nSPS) is 29.8. The summed E-state index contributed by atoms with van der Waals surface area (Å²) in [5.41, 5.74) is 2.03. The highest BCUT2D eigenvalue weighted by molar-refractivity contribution is 9.10. The van der Waals surface area contributed by atoms with E-state index in [0.717, 1.165) is 54.5 Å². The van der Waals surface area contributed by atoms with Crippen LogP contribution in [0.3, 0.4) is 0 Å². The van der Waals surface area contributed by atoms with E-state index in [1.165, 1.54) is 19.3 Å². The fourth-order valence-corrected chi connectivity index (χ4v) is 4.84. The number of hydrogen-bond donors (Lipinski definition) is 1. The van der Waals surface area contributed by atoms with Crippen LogP contribution in [0.1, 0.15) is 25.7 Å². The van der Waals surface area contributed by atoms with Crippen molar-refractivity contribution in [3.8, 4) is 0 Å². The Balaban J connectivity index is 1.53. The number of carbonyl (C=O) groups is 1. The Morgan fingerprint density at radius 3 is 2.74 bits per heavy atom. The molecule has 3 fully saturated rings. The molecule has 2 aliphatic carbocycles. The second-order valence-corrected chi connectivity index (χ2v) is 7.95. The van der Waals surface area contributed by atoms with Gasteiger partial charge in [-0.1, -0.05) is 22.4 Å². The van der Waals surface area contributed by atoms with Gasteiger partial charge in [-0.05, 0) is 49.3 Å². The van der Waals surface area contributed by atoms with E-state index in [0.29, 0.717) is 5.92 Å². The summed E-state index contributed by atoms with van der Waals surface area (Å²) >= 11 is 3.53. The number of anilines is 2. The van der Waals surface area contributed by atoms with Crippen molar-refractivity contribution in [3.05, 3.63) is 22.7 Å². The number of nitrogens with one attached hydrogen (secondary N) is 1. The van der Waals surface area contributed by atoms with Crippen molar-refractivity contribution in [2.45, 2.75) is 25.7 Å². The fourth-order valence-electron chi connectivity index (χ4n) is 4.48. The third kappa shape index (κ3) is 3.13. The highest BCUT2D eigenvalue weighted by Gasteiger charge is 2.43. The Kier molecular flexibility index (Phi) is 4.33. The summed E-state index contributed by atoms with van der Waals surface area (Å²) < 4.78 is 6.44. The van der Waals surface area contributed by atoms with Crippen LogP contribution in [-0.2, 0) is 9.53 Å². The van der Waals surface area contributed by atoms with Gasteiger partial charge >= 0.3 is 0 Å². The van der Waals surface area contributed by atoms with E-state index in [2.05, 4.69) is 32.2 Å². The molecule has 1 aromatic carbocycles. The van der Waals surface area contributed by atoms with E-state index in [1.54, 1.807) is 0 Å². The van der Waals surface area contributed by atoms with Crippen molar-refractivity contribution in [3.63, 3.8) is 0 Å². The van der Waals surface area contributed by atoms with Gasteiger partial charge in [0, 0.05) is 23.5 Å². The molecule has 124 valence electrons. The molecule has 1 N–H and O–H groups in total. The predicted octanol–water partition coefficient (Wildman–Crippen LogP) is 3.66. The number of halogens is 1. The first-order valence-corrected chi connectivity index (χ1v) is 9.43. The van der Waals surface area contributed by atoms with Crippen LogP contribution in [0.15, 0.2) is 22.7 Å². The number of morpholine rings is 1. The molecule has 1 amide bonds. The lowest BCUT2D eigenvalue weighted by Gasteiger charge is -2.31. The summed E-state index contributed by atoms with van der Waals surface area (Å²) in [6.07, 6.45) is 4.90. The first kappa shape index (κ1) is 15.5.